The highest BCUT2D eigenvalue weighted by Crippen LogP contribution is 2.27. The minimum atomic E-state index is -1.23. The zero-order chi connectivity index (χ0) is 40.7. The standard InChI is InChI=1S/C39H65BrN4O9/c1-13-26(9)33(37(49)44-22-18-19-28(44)35(47)42(11)31(24(5)6)38(50)52-14-2)53-39(51)32(25(7)8)43(12)36(48)30(23(3)4)41-34(46)27(10)29(45)20-16-15-17-21-40/h23-33,45H,13-16,18-20,22H2,1-12H3,(H,41,46)/t26-,27-,28+,29-,30-,31-,32-,33-/m1/s1. The van der Waals surface area contributed by atoms with Crippen LogP contribution in [0.4, 0.5) is 0 Å². The monoisotopic (exact) mass is 812 g/mol. The van der Waals surface area contributed by atoms with Gasteiger partial charge in [0.25, 0.3) is 5.91 Å². The maximum atomic E-state index is 14.2. The molecule has 1 rings (SSSR count). The van der Waals surface area contributed by atoms with E-state index < -0.39 is 89.7 Å². The van der Waals surface area contributed by atoms with Gasteiger partial charge in [-0.1, -0.05) is 68.2 Å². The number of unbranched alkanes of at least 4 members (excludes halogenated alkanes) is 1. The highest BCUT2D eigenvalue weighted by atomic mass is 79.9. The summed E-state index contributed by atoms with van der Waals surface area (Å²) in [6, 6.07) is -3.78. The lowest BCUT2D eigenvalue weighted by atomic mass is 9.95. The van der Waals surface area contributed by atoms with E-state index in [1.54, 1.807) is 48.5 Å². The first-order valence-corrected chi connectivity index (χ1v) is 19.9. The van der Waals surface area contributed by atoms with E-state index in [4.69, 9.17) is 9.47 Å². The number of ether oxygens (including phenoxy) is 2. The topological polar surface area (TPSA) is 163 Å². The Morgan fingerprint density at radius 1 is 0.906 bits per heavy atom. The molecule has 1 saturated heterocycles. The molecule has 0 aromatic carbocycles. The molecule has 0 unspecified atom stereocenters. The Bertz CT molecular complexity index is 1310. The smallest absolute Gasteiger partial charge is 0.329 e. The first-order valence-electron chi connectivity index (χ1n) is 19.1. The van der Waals surface area contributed by atoms with Crippen LogP contribution in [0.1, 0.15) is 108 Å². The molecule has 0 radical (unpaired) electrons. The summed E-state index contributed by atoms with van der Waals surface area (Å²) < 4.78 is 11.2. The molecule has 8 atom stereocenters. The Hall–Kier alpha value is -3.18. The van der Waals surface area contributed by atoms with E-state index in [0.717, 1.165) is 0 Å². The molecule has 1 aliphatic rings. The normalized spacial score (nSPS) is 18.2. The number of likely N-dealkylation sites (N-methyl/N-ethyl adjacent to an activating group) is 2. The Balaban J connectivity index is 3.27. The first-order chi connectivity index (χ1) is 24.8. The highest BCUT2D eigenvalue weighted by molar-refractivity contribution is 9.12. The third-order valence-electron chi connectivity index (χ3n) is 10.1. The molecule has 0 aromatic heterocycles. The Morgan fingerprint density at radius 3 is 2.00 bits per heavy atom. The number of halogens is 1. The molecule has 0 spiro atoms. The van der Waals surface area contributed by atoms with Crippen molar-refractivity contribution in [3.8, 4) is 10.8 Å². The average molecular weight is 814 g/mol. The summed E-state index contributed by atoms with van der Waals surface area (Å²) in [5.41, 5.74) is 0. The summed E-state index contributed by atoms with van der Waals surface area (Å²) in [6.45, 7) is 18.1. The fourth-order valence-electron chi connectivity index (χ4n) is 6.65. The number of hydrogen-bond acceptors (Lipinski definition) is 9. The molecular weight excluding hydrogens is 748 g/mol. The lowest BCUT2D eigenvalue weighted by Gasteiger charge is -2.37. The molecule has 1 fully saturated rings. The van der Waals surface area contributed by atoms with E-state index in [-0.39, 0.29) is 25.0 Å². The fourth-order valence-corrected chi connectivity index (χ4v) is 6.85. The molecule has 302 valence electrons. The minimum Gasteiger partial charge on any atom is -0.464 e. The van der Waals surface area contributed by atoms with Gasteiger partial charge in [0.2, 0.25) is 17.7 Å². The number of nitrogens with zero attached hydrogens (tertiary/aromatic N) is 3. The maximum Gasteiger partial charge on any atom is 0.329 e. The molecule has 1 heterocycles. The van der Waals surface area contributed by atoms with Crippen molar-refractivity contribution in [1.82, 2.24) is 20.0 Å². The van der Waals surface area contributed by atoms with E-state index in [0.29, 0.717) is 38.5 Å². The Labute approximate surface area is 325 Å². The minimum absolute atomic E-state index is 0.170. The fraction of sp³-hybridized carbons (Fsp3) is 0.795. The van der Waals surface area contributed by atoms with Gasteiger partial charge in [-0.05, 0) is 61.6 Å². The summed E-state index contributed by atoms with van der Waals surface area (Å²) in [4.78, 5) is 88.7. The van der Waals surface area contributed by atoms with Crippen LogP contribution in [0.5, 0.6) is 0 Å². The molecule has 0 aliphatic carbocycles. The van der Waals surface area contributed by atoms with Crippen molar-refractivity contribution >= 4 is 51.5 Å². The van der Waals surface area contributed by atoms with Gasteiger partial charge in [0.05, 0.1) is 18.6 Å². The van der Waals surface area contributed by atoms with Crippen LogP contribution >= 0.6 is 15.9 Å². The van der Waals surface area contributed by atoms with E-state index in [2.05, 4.69) is 32.0 Å². The predicted molar refractivity (Wildman–Crippen MR) is 206 cm³/mol. The number of carbonyl (C=O) groups is 6. The number of rotatable bonds is 20. The number of amides is 4. The second-order valence-electron chi connectivity index (χ2n) is 15.2. The lowest BCUT2D eigenvalue weighted by molar-refractivity contribution is -0.172. The molecule has 14 heteroatoms. The van der Waals surface area contributed by atoms with Gasteiger partial charge in [-0.3, -0.25) is 19.2 Å². The van der Waals surface area contributed by atoms with E-state index >= 15 is 0 Å². The van der Waals surface area contributed by atoms with E-state index in [1.807, 2.05) is 20.8 Å². The van der Waals surface area contributed by atoms with Crippen LogP contribution in [0.15, 0.2) is 0 Å². The van der Waals surface area contributed by atoms with E-state index in [9.17, 15) is 33.9 Å². The molecule has 0 saturated carbocycles. The number of aliphatic hydroxyl groups is 1. The van der Waals surface area contributed by atoms with Gasteiger partial charge in [-0.25, -0.2) is 9.59 Å². The molecule has 0 bridgehead atoms. The summed E-state index contributed by atoms with van der Waals surface area (Å²) >= 11 is 3.04. The molecule has 0 aromatic rings. The average Bonchev–Trinajstić information content (AvgIpc) is 3.59. The van der Waals surface area contributed by atoms with Gasteiger partial charge in [0.15, 0.2) is 6.10 Å². The summed E-state index contributed by atoms with van der Waals surface area (Å²) in [7, 11) is 3.01. The summed E-state index contributed by atoms with van der Waals surface area (Å²) in [5, 5.41) is 13.4. The van der Waals surface area contributed by atoms with Crippen molar-refractivity contribution < 1.29 is 43.3 Å². The van der Waals surface area contributed by atoms with Gasteiger partial charge in [0.1, 0.15) is 24.2 Å². The third kappa shape index (κ3) is 13.3. The quantitative estimate of drug-likeness (QED) is 0.105. The zero-order valence-corrected chi connectivity index (χ0v) is 35.5. The van der Waals surface area contributed by atoms with Crippen molar-refractivity contribution in [1.29, 1.82) is 0 Å². The maximum absolute atomic E-state index is 14.2. The number of nitrogens with one attached hydrogen (secondary N) is 1. The Kier molecular flexibility index (Phi) is 20.7. The number of esters is 2. The second kappa shape index (κ2) is 22.9. The van der Waals surface area contributed by atoms with Gasteiger partial charge < -0.3 is 34.6 Å². The van der Waals surface area contributed by atoms with Gasteiger partial charge in [-0.15, -0.1) is 0 Å². The molecule has 2 N–H and O–H groups in total. The van der Waals surface area contributed by atoms with Crippen LogP contribution in [0.2, 0.25) is 0 Å². The van der Waals surface area contributed by atoms with Crippen LogP contribution in [-0.2, 0) is 38.2 Å². The van der Waals surface area contributed by atoms with Crippen molar-refractivity contribution in [2.45, 2.75) is 144 Å². The van der Waals surface area contributed by atoms with Crippen molar-refractivity contribution in [2.24, 2.45) is 29.6 Å². The van der Waals surface area contributed by atoms with Crippen LogP contribution in [0.25, 0.3) is 0 Å². The summed E-state index contributed by atoms with van der Waals surface area (Å²) in [5.74, 6) is -2.57. The highest BCUT2D eigenvalue weighted by Gasteiger charge is 2.45. The Morgan fingerprint density at radius 2 is 1.49 bits per heavy atom. The van der Waals surface area contributed by atoms with Crippen molar-refractivity contribution in [3.05, 3.63) is 0 Å². The predicted octanol–water partition coefficient (Wildman–Crippen LogP) is 4.13. The number of aliphatic hydroxyl groups excluding tert-OH is 1. The molecule has 13 nitrogen and oxygen atoms in total. The number of carbonyl (C=O) groups excluding carboxylic acids is 6. The van der Waals surface area contributed by atoms with Crippen LogP contribution in [0, 0.1) is 40.3 Å². The van der Waals surface area contributed by atoms with Crippen LogP contribution in [-0.4, -0.2) is 119 Å². The van der Waals surface area contributed by atoms with Crippen molar-refractivity contribution in [2.75, 3.05) is 27.2 Å². The largest absolute Gasteiger partial charge is 0.464 e. The molecule has 53 heavy (non-hydrogen) atoms. The van der Waals surface area contributed by atoms with Crippen molar-refractivity contribution in [3.63, 3.8) is 0 Å². The van der Waals surface area contributed by atoms with Gasteiger partial charge >= 0.3 is 11.9 Å². The van der Waals surface area contributed by atoms with E-state index in [1.165, 1.54) is 28.8 Å². The van der Waals surface area contributed by atoms with Crippen LogP contribution in [0.3, 0.4) is 0 Å². The molecular formula is C39H65BrN4O9. The molecule has 4 amide bonds. The first kappa shape index (κ1) is 47.8. The van der Waals surface area contributed by atoms with Crippen LogP contribution < -0.4 is 5.32 Å². The molecule has 1 aliphatic heterocycles. The second-order valence-corrected chi connectivity index (χ2v) is 15.6. The lowest BCUT2D eigenvalue weighted by Crippen LogP contribution is -2.58. The SMILES string of the molecule is CCOC(=O)[C@@H](C(C)C)N(C)C(=O)[C@@H]1CCCN1C(=O)[C@H](OC(=O)[C@@H](C(C)C)N(C)C(=O)[C@H](NC(=O)[C@H](C)[C@H](O)CCCC#CBr)C(C)C)[C@H](C)CC. The number of likely N-dealkylation sites (tertiary alicyclic amines) is 1. The zero-order valence-electron chi connectivity index (χ0n) is 33.9. The summed E-state index contributed by atoms with van der Waals surface area (Å²) in [6.07, 6.45) is 0.803. The number of hydrogen-bond donors (Lipinski definition) is 2. The van der Waals surface area contributed by atoms with Gasteiger partial charge in [0, 0.05) is 48.9 Å². The third-order valence-corrected chi connectivity index (χ3v) is 10.4. The van der Waals surface area contributed by atoms with Gasteiger partial charge in [-0.2, -0.15) is 0 Å².